The first kappa shape index (κ1) is 15.9. The van der Waals surface area contributed by atoms with Crippen LogP contribution in [0.1, 0.15) is 30.5 Å². The van der Waals surface area contributed by atoms with E-state index in [1.54, 1.807) is 0 Å². The minimum Gasteiger partial charge on any atom is -0.457 e. The molecule has 0 radical (unpaired) electrons. The second-order valence-electron chi connectivity index (χ2n) is 5.62. The molecule has 2 aromatic rings. The molecule has 21 heavy (non-hydrogen) atoms. The monoisotopic (exact) mass is 303 g/mol. The maximum atomic E-state index is 6.20. The van der Waals surface area contributed by atoms with Crippen LogP contribution in [0.3, 0.4) is 0 Å². The molecule has 0 saturated carbocycles. The Morgan fingerprint density at radius 3 is 2.33 bits per heavy atom. The van der Waals surface area contributed by atoms with Gasteiger partial charge in [0, 0.05) is 23.2 Å². The summed E-state index contributed by atoms with van der Waals surface area (Å²) in [6, 6.07) is 12.5. The van der Waals surface area contributed by atoms with Crippen LogP contribution in [0.5, 0.6) is 11.5 Å². The summed E-state index contributed by atoms with van der Waals surface area (Å²) in [6.45, 7) is 9.05. The van der Waals surface area contributed by atoms with E-state index in [1.807, 2.05) is 44.2 Å². The Balaban J connectivity index is 2.23. The Morgan fingerprint density at radius 2 is 1.71 bits per heavy atom. The van der Waals surface area contributed by atoms with Crippen molar-refractivity contribution in [2.75, 3.05) is 0 Å². The van der Waals surface area contributed by atoms with Crippen LogP contribution in [0.4, 0.5) is 0 Å². The van der Waals surface area contributed by atoms with Gasteiger partial charge in [0.05, 0.1) is 0 Å². The van der Waals surface area contributed by atoms with Gasteiger partial charge in [-0.2, -0.15) is 0 Å². The van der Waals surface area contributed by atoms with Crippen molar-refractivity contribution in [3.63, 3.8) is 0 Å². The lowest BCUT2D eigenvalue weighted by Crippen LogP contribution is -2.22. The molecule has 3 heteroatoms. The maximum Gasteiger partial charge on any atom is 0.131 e. The Labute approximate surface area is 132 Å². The molecule has 0 unspecified atom stereocenters. The standard InChI is InChI=1S/C18H22ClNO/c1-12(2)20-11-15-7-5-6-8-17(15)21-16-9-13(3)18(19)14(4)10-16/h5-10,12,20H,11H2,1-4H3. The summed E-state index contributed by atoms with van der Waals surface area (Å²) < 4.78 is 6.06. The molecular formula is C18H22ClNO. The number of nitrogens with one attached hydrogen (secondary N) is 1. The van der Waals surface area contributed by atoms with Gasteiger partial charge < -0.3 is 10.1 Å². The molecule has 0 aromatic heterocycles. The van der Waals surface area contributed by atoms with Gasteiger partial charge >= 0.3 is 0 Å². The number of aryl methyl sites for hydroxylation is 2. The van der Waals surface area contributed by atoms with Gasteiger partial charge in [-0.25, -0.2) is 0 Å². The van der Waals surface area contributed by atoms with Gasteiger partial charge in [0.2, 0.25) is 0 Å². The highest BCUT2D eigenvalue weighted by Crippen LogP contribution is 2.30. The summed E-state index contributed by atoms with van der Waals surface area (Å²) >= 11 is 6.20. The number of hydrogen-bond acceptors (Lipinski definition) is 2. The van der Waals surface area contributed by atoms with Gasteiger partial charge in [-0.15, -0.1) is 0 Å². The van der Waals surface area contributed by atoms with Crippen LogP contribution in [0.15, 0.2) is 36.4 Å². The Hall–Kier alpha value is -1.51. The Morgan fingerprint density at radius 1 is 1.10 bits per heavy atom. The summed E-state index contributed by atoms with van der Waals surface area (Å²) in [5.74, 6) is 1.71. The molecule has 0 heterocycles. The average Bonchev–Trinajstić information content (AvgIpc) is 2.43. The third-order valence-electron chi connectivity index (χ3n) is 3.31. The van der Waals surface area contributed by atoms with Gasteiger partial charge in [0.15, 0.2) is 0 Å². The highest BCUT2D eigenvalue weighted by atomic mass is 35.5. The van der Waals surface area contributed by atoms with Gasteiger partial charge in [-0.05, 0) is 43.2 Å². The van der Waals surface area contributed by atoms with Crippen LogP contribution < -0.4 is 10.1 Å². The van der Waals surface area contributed by atoms with Crippen LogP contribution in [0.2, 0.25) is 5.02 Å². The van der Waals surface area contributed by atoms with E-state index in [9.17, 15) is 0 Å². The number of ether oxygens (including phenoxy) is 1. The Bertz CT molecular complexity index is 599. The second kappa shape index (κ2) is 6.97. The van der Waals surface area contributed by atoms with E-state index in [4.69, 9.17) is 16.3 Å². The number of halogens is 1. The predicted octanol–water partition coefficient (Wildman–Crippen LogP) is 5.25. The Kier molecular flexibility index (Phi) is 5.27. The normalized spacial score (nSPS) is 11.0. The second-order valence-corrected chi connectivity index (χ2v) is 5.99. The van der Waals surface area contributed by atoms with Gasteiger partial charge in [-0.1, -0.05) is 43.6 Å². The summed E-state index contributed by atoms with van der Waals surface area (Å²) in [5, 5.41) is 4.22. The third-order valence-corrected chi connectivity index (χ3v) is 3.91. The van der Waals surface area contributed by atoms with Crippen LogP contribution in [0.25, 0.3) is 0 Å². The van der Waals surface area contributed by atoms with Crippen LogP contribution in [-0.4, -0.2) is 6.04 Å². The fourth-order valence-electron chi connectivity index (χ4n) is 2.16. The molecule has 2 nitrogen and oxygen atoms in total. The summed E-state index contributed by atoms with van der Waals surface area (Å²) in [4.78, 5) is 0. The van der Waals surface area contributed by atoms with Crippen LogP contribution >= 0.6 is 11.6 Å². The molecule has 1 N–H and O–H groups in total. The number of hydrogen-bond donors (Lipinski definition) is 1. The summed E-state index contributed by atoms with van der Waals surface area (Å²) in [7, 11) is 0. The minimum atomic E-state index is 0.443. The molecule has 0 saturated heterocycles. The molecule has 0 aliphatic carbocycles. The number of benzene rings is 2. The first-order chi connectivity index (χ1) is 9.97. The zero-order valence-electron chi connectivity index (χ0n) is 13.0. The molecular weight excluding hydrogens is 282 g/mol. The molecule has 2 aromatic carbocycles. The first-order valence-electron chi connectivity index (χ1n) is 7.23. The fraction of sp³-hybridized carbons (Fsp3) is 0.333. The van der Waals surface area contributed by atoms with Crippen molar-refractivity contribution < 1.29 is 4.74 Å². The molecule has 0 amide bonds. The lowest BCUT2D eigenvalue weighted by molar-refractivity contribution is 0.469. The van der Waals surface area contributed by atoms with E-state index in [0.717, 1.165) is 39.8 Å². The fourth-order valence-corrected chi connectivity index (χ4v) is 2.26. The van der Waals surface area contributed by atoms with E-state index in [1.165, 1.54) is 0 Å². The quantitative estimate of drug-likeness (QED) is 0.815. The SMILES string of the molecule is Cc1cc(Oc2ccccc2CNC(C)C)cc(C)c1Cl. The zero-order chi connectivity index (χ0) is 15.4. The van der Waals surface area contributed by atoms with Crippen molar-refractivity contribution in [2.45, 2.75) is 40.3 Å². The van der Waals surface area contributed by atoms with E-state index in [2.05, 4.69) is 25.2 Å². The minimum absolute atomic E-state index is 0.443. The molecule has 0 aliphatic rings. The topological polar surface area (TPSA) is 21.3 Å². The lowest BCUT2D eigenvalue weighted by atomic mass is 10.1. The van der Waals surface area contributed by atoms with Gasteiger partial charge in [0.1, 0.15) is 11.5 Å². The smallest absolute Gasteiger partial charge is 0.131 e. The van der Waals surface area contributed by atoms with Crippen molar-refractivity contribution in [3.8, 4) is 11.5 Å². The van der Waals surface area contributed by atoms with Gasteiger partial charge in [-0.3, -0.25) is 0 Å². The van der Waals surface area contributed by atoms with Crippen molar-refractivity contribution in [2.24, 2.45) is 0 Å². The molecule has 0 fully saturated rings. The molecule has 0 spiro atoms. The van der Waals surface area contributed by atoms with Crippen molar-refractivity contribution in [1.29, 1.82) is 0 Å². The molecule has 112 valence electrons. The highest BCUT2D eigenvalue weighted by molar-refractivity contribution is 6.32. The first-order valence-corrected chi connectivity index (χ1v) is 7.61. The van der Waals surface area contributed by atoms with E-state index in [-0.39, 0.29) is 0 Å². The highest BCUT2D eigenvalue weighted by Gasteiger charge is 2.08. The van der Waals surface area contributed by atoms with Crippen molar-refractivity contribution in [3.05, 3.63) is 58.1 Å². The summed E-state index contributed by atoms with van der Waals surface area (Å²) in [5.41, 5.74) is 3.21. The largest absolute Gasteiger partial charge is 0.457 e. The molecule has 0 bridgehead atoms. The average molecular weight is 304 g/mol. The third kappa shape index (κ3) is 4.23. The van der Waals surface area contributed by atoms with Crippen LogP contribution in [-0.2, 0) is 6.54 Å². The molecule has 2 rings (SSSR count). The maximum absolute atomic E-state index is 6.20. The number of para-hydroxylation sites is 1. The number of rotatable bonds is 5. The van der Waals surface area contributed by atoms with Crippen molar-refractivity contribution in [1.82, 2.24) is 5.32 Å². The lowest BCUT2D eigenvalue weighted by Gasteiger charge is -2.14. The van der Waals surface area contributed by atoms with E-state index < -0.39 is 0 Å². The zero-order valence-corrected chi connectivity index (χ0v) is 13.8. The summed E-state index contributed by atoms with van der Waals surface area (Å²) in [6.07, 6.45) is 0. The van der Waals surface area contributed by atoms with E-state index in [0.29, 0.717) is 6.04 Å². The van der Waals surface area contributed by atoms with Gasteiger partial charge in [0.25, 0.3) is 0 Å². The van der Waals surface area contributed by atoms with Crippen LogP contribution in [0, 0.1) is 13.8 Å². The molecule has 0 atom stereocenters. The van der Waals surface area contributed by atoms with E-state index >= 15 is 0 Å². The van der Waals surface area contributed by atoms with Crippen molar-refractivity contribution >= 4 is 11.6 Å². The molecule has 0 aliphatic heterocycles. The predicted molar refractivity (Wildman–Crippen MR) is 89.4 cm³/mol.